The fourth-order valence-electron chi connectivity index (χ4n) is 3.51. The van der Waals surface area contributed by atoms with Crippen LogP contribution in [0.15, 0.2) is 47.4 Å². The third kappa shape index (κ3) is 5.41. The van der Waals surface area contributed by atoms with E-state index in [1.54, 1.807) is 43.5 Å². The molecule has 0 spiro atoms. The van der Waals surface area contributed by atoms with Crippen molar-refractivity contribution in [1.82, 2.24) is 4.31 Å². The molecule has 0 atom stereocenters. The first-order valence-corrected chi connectivity index (χ1v) is 11.7. The number of piperidine rings is 1. The van der Waals surface area contributed by atoms with E-state index in [-0.39, 0.29) is 10.6 Å². The molecular weight excluding hydrogens is 432 g/mol. The average Bonchev–Trinajstić information content (AvgIpc) is 2.83. The zero-order valence-electron chi connectivity index (χ0n) is 18.5. The van der Waals surface area contributed by atoms with Gasteiger partial charge in [0.1, 0.15) is 10.6 Å². The van der Waals surface area contributed by atoms with Gasteiger partial charge in [-0.2, -0.15) is 4.31 Å². The standard InChI is InChI=1S/C23H28N2O6S/c1-29-19-10-7-17(15-21(19)31-3)8-12-23(26)24-18-9-11-20(30-2)22(16-18)32(27,28)25-13-5-4-6-14-25/h7-12,15-16H,4-6,13-14H2,1-3H3,(H,24,26). The van der Waals surface area contributed by atoms with Crippen LogP contribution in [0.4, 0.5) is 5.69 Å². The molecule has 1 N–H and O–H groups in total. The first-order valence-electron chi connectivity index (χ1n) is 10.3. The molecule has 1 aliphatic rings. The molecule has 0 bridgehead atoms. The topological polar surface area (TPSA) is 94.2 Å². The van der Waals surface area contributed by atoms with Gasteiger partial charge in [0.15, 0.2) is 11.5 Å². The van der Waals surface area contributed by atoms with Crippen LogP contribution in [0.2, 0.25) is 0 Å². The maximum absolute atomic E-state index is 13.1. The van der Waals surface area contributed by atoms with Gasteiger partial charge in [0.05, 0.1) is 21.3 Å². The molecule has 0 unspecified atom stereocenters. The van der Waals surface area contributed by atoms with Gasteiger partial charge in [0.2, 0.25) is 15.9 Å². The number of benzene rings is 2. The van der Waals surface area contributed by atoms with Gasteiger partial charge in [0.25, 0.3) is 0 Å². The fraction of sp³-hybridized carbons (Fsp3) is 0.348. The molecule has 0 saturated carbocycles. The number of ether oxygens (including phenoxy) is 3. The largest absolute Gasteiger partial charge is 0.495 e. The van der Waals surface area contributed by atoms with Crippen LogP contribution in [0.3, 0.4) is 0 Å². The minimum atomic E-state index is -3.72. The van der Waals surface area contributed by atoms with E-state index in [1.165, 1.54) is 30.7 Å². The smallest absolute Gasteiger partial charge is 0.248 e. The molecule has 2 aromatic carbocycles. The number of rotatable bonds is 8. The highest BCUT2D eigenvalue weighted by Crippen LogP contribution is 2.31. The summed E-state index contributed by atoms with van der Waals surface area (Å²) in [5.41, 5.74) is 1.12. The van der Waals surface area contributed by atoms with Gasteiger partial charge >= 0.3 is 0 Å². The minimum absolute atomic E-state index is 0.0450. The SMILES string of the molecule is COc1ccc(C=CC(=O)Nc2ccc(OC)c(S(=O)(=O)N3CCCCC3)c2)cc1OC. The molecule has 172 valence electrons. The number of amides is 1. The molecule has 1 aliphatic heterocycles. The average molecular weight is 461 g/mol. The normalized spacial score (nSPS) is 14.8. The number of nitrogens with zero attached hydrogens (tertiary/aromatic N) is 1. The Balaban J connectivity index is 1.78. The minimum Gasteiger partial charge on any atom is -0.495 e. The second-order valence-electron chi connectivity index (χ2n) is 7.27. The van der Waals surface area contributed by atoms with Gasteiger partial charge < -0.3 is 19.5 Å². The van der Waals surface area contributed by atoms with Crippen LogP contribution < -0.4 is 19.5 Å². The van der Waals surface area contributed by atoms with Crippen molar-refractivity contribution in [2.75, 3.05) is 39.7 Å². The van der Waals surface area contributed by atoms with E-state index >= 15 is 0 Å². The monoisotopic (exact) mass is 460 g/mol. The first kappa shape index (κ1) is 23.6. The summed E-state index contributed by atoms with van der Waals surface area (Å²) in [5, 5.41) is 2.71. The van der Waals surface area contributed by atoms with Gasteiger partial charge in [-0.3, -0.25) is 4.79 Å². The van der Waals surface area contributed by atoms with E-state index in [9.17, 15) is 13.2 Å². The van der Waals surface area contributed by atoms with E-state index < -0.39 is 15.9 Å². The van der Waals surface area contributed by atoms with Crippen molar-refractivity contribution in [3.63, 3.8) is 0 Å². The molecule has 9 heteroatoms. The highest BCUT2D eigenvalue weighted by atomic mass is 32.2. The molecule has 32 heavy (non-hydrogen) atoms. The highest BCUT2D eigenvalue weighted by molar-refractivity contribution is 7.89. The Labute approximate surface area is 188 Å². The fourth-order valence-corrected chi connectivity index (χ4v) is 5.21. The predicted molar refractivity (Wildman–Crippen MR) is 123 cm³/mol. The predicted octanol–water partition coefficient (Wildman–Crippen LogP) is 3.54. The lowest BCUT2D eigenvalue weighted by molar-refractivity contribution is -0.111. The molecule has 3 rings (SSSR count). The van der Waals surface area contributed by atoms with Crippen LogP contribution in [0.1, 0.15) is 24.8 Å². The quantitative estimate of drug-likeness (QED) is 0.606. The Morgan fingerprint density at radius 1 is 0.906 bits per heavy atom. The lowest BCUT2D eigenvalue weighted by atomic mass is 10.2. The third-order valence-electron chi connectivity index (χ3n) is 5.20. The van der Waals surface area contributed by atoms with Gasteiger partial charge in [-0.25, -0.2) is 8.42 Å². The molecule has 2 aromatic rings. The second-order valence-corrected chi connectivity index (χ2v) is 9.17. The van der Waals surface area contributed by atoms with Crippen LogP contribution in [0.25, 0.3) is 6.08 Å². The number of sulfonamides is 1. The summed E-state index contributed by atoms with van der Waals surface area (Å²) in [6.45, 7) is 0.965. The van der Waals surface area contributed by atoms with Crippen molar-refractivity contribution in [2.45, 2.75) is 24.2 Å². The van der Waals surface area contributed by atoms with Gasteiger partial charge in [-0.1, -0.05) is 12.5 Å². The zero-order chi connectivity index (χ0) is 23.1. The third-order valence-corrected chi connectivity index (χ3v) is 7.12. The summed E-state index contributed by atoms with van der Waals surface area (Å²) < 4.78 is 43.5. The Morgan fingerprint density at radius 3 is 2.22 bits per heavy atom. The number of carbonyl (C=O) groups excluding carboxylic acids is 1. The van der Waals surface area contributed by atoms with Crippen molar-refractivity contribution in [3.8, 4) is 17.2 Å². The second kappa shape index (κ2) is 10.5. The molecule has 1 amide bonds. The van der Waals surface area contributed by atoms with Gasteiger partial charge in [-0.05, 0) is 54.8 Å². The maximum atomic E-state index is 13.1. The molecule has 1 fully saturated rings. The Hall–Kier alpha value is -3.04. The summed E-state index contributed by atoms with van der Waals surface area (Å²) >= 11 is 0. The summed E-state index contributed by atoms with van der Waals surface area (Å²) in [7, 11) is 0.796. The van der Waals surface area contributed by atoms with Crippen LogP contribution in [-0.4, -0.2) is 53.0 Å². The van der Waals surface area contributed by atoms with Crippen molar-refractivity contribution in [3.05, 3.63) is 48.0 Å². The molecule has 0 radical (unpaired) electrons. The van der Waals surface area contributed by atoms with E-state index in [1.807, 2.05) is 0 Å². The molecule has 0 aromatic heterocycles. The number of anilines is 1. The summed E-state index contributed by atoms with van der Waals surface area (Å²) in [4.78, 5) is 12.5. The van der Waals surface area contributed by atoms with Crippen LogP contribution >= 0.6 is 0 Å². The molecule has 1 heterocycles. The van der Waals surface area contributed by atoms with Crippen molar-refractivity contribution in [2.24, 2.45) is 0 Å². The van der Waals surface area contributed by atoms with Gasteiger partial charge in [0, 0.05) is 24.9 Å². The summed E-state index contributed by atoms with van der Waals surface area (Å²) in [6, 6.07) is 9.88. The van der Waals surface area contributed by atoms with Crippen LogP contribution in [-0.2, 0) is 14.8 Å². The number of carbonyl (C=O) groups is 1. The van der Waals surface area contributed by atoms with Gasteiger partial charge in [-0.15, -0.1) is 0 Å². The zero-order valence-corrected chi connectivity index (χ0v) is 19.3. The molecule has 0 aliphatic carbocycles. The lowest BCUT2D eigenvalue weighted by Gasteiger charge is -2.26. The number of methoxy groups -OCH3 is 3. The van der Waals surface area contributed by atoms with Crippen molar-refractivity contribution >= 4 is 27.7 Å². The van der Waals surface area contributed by atoms with E-state index in [2.05, 4.69) is 5.32 Å². The number of nitrogens with one attached hydrogen (secondary N) is 1. The summed E-state index contributed by atoms with van der Waals surface area (Å²) in [6.07, 6.45) is 5.68. The van der Waals surface area contributed by atoms with Crippen molar-refractivity contribution in [1.29, 1.82) is 0 Å². The molecule has 8 nitrogen and oxygen atoms in total. The van der Waals surface area contributed by atoms with Crippen LogP contribution in [0, 0.1) is 0 Å². The first-order chi connectivity index (χ1) is 15.4. The Morgan fingerprint density at radius 2 is 1.56 bits per heavy atom. The summed E-state index contributed by atoms with van der Waals surface area (Å²) in [5.74, 6) is 0.994. The molecule has 1 saturated heterocycles. The van der Waals surface area contributed by atoms with E-state index in [0.29, 0.717) is 30.3 Å². The van der Waals surface area contributed by atoms with Crippen LogP contribution in [0.5, 0.6) is 17.2 Å². The van der Waals surface area contributed by atoms with E-state index in [4.69, 9.17) is 14.2 Å². The lowest BCUT2D eigenvalue weighted by Crippen LogP contribution is -2.35. The van der Waals surface area contributed by atoms with E-state index in [0.717, 1.165) is 24.8 Å². The Bertz CT molecular complexity index is 1090. The number of hydrogen-bond donors (Lipinski definition) is 1. The van der Waals surface area contributed by atoms with Crippen molar-refractivity contribution < 1.29 is 27.4 Å². The number of hydrogen-bond acceptors (Lipinski definition) is 6. The molecular formula is C23H28N2O6S. The maximum Gasteiger partial charge on any atom is 0.248 e. The highest BCUT2D eigenvalue weighted by Gasteiger charge is 2.29. The Kier molecular flexibility index (Phi) is 7.76.